The molecule has 1 fully saturated rings. The molecular formula is C26H29N3O4. The standard InChI is InChI=1S/C26H29N3O4/c1-15-23(26(15)11-10-17-8-9-19(13-20(17)26)24(32)28-2)25(33)29-21-12-16(14-27)6-7-18(21)4-3-5-22(30)31/h6-9,12-13,15,23-24,28,32H,3-5,10-11H2,1-2H3,(H,29,33)(H,30,31)/t15-,23-,24?,26-/m0/s1. The number of nitriles is 1. The van der Waals surface area contributed by atoms with Gasteiger partial charge in [-0.2, -0.15) is 5.26 Å². The fourth-order valence-corrected chi connectivity index (χ4v) is 5.57. The minimum absolute atomic E-state index is 0.0493. The summed E-state index contributed by atoms with van der Waals surface area (Å²) in [7, 11) is 1.70. The monoisotopic (exact) mass is 447 g/mol. The molecule has 0 radical (unpaired) electrons. The maximum atomic E-state index is 13.4. The Morgan fingerprint density at radius 1 is 1.27 bits per heavy atom. The van der Waals surface area contributed by atoms with E-state index in [1.165, 1.54) is 5.56 Å². The van der Waals surface area contributed by atoms with Crippen molar-refractivity contribution in [1.29, 1.82) is 5.26 Å². The van der Waals surface area contributed by atoms with Gasteiger partial charge in [-0.05, 0) is 73.0 Å². The smallest absolute Gasteiger partial charge is 0.303 e. The largest absolute Gasteiger partial charge is 0.481 e. The second-order valence-corrected chi connectivity index (χ2v) is 9.13. The van der Waals surface area contributed by atoms with Crippen LogP contribution in [0.4, 0.5) is 5.69 Å². The van der Waals surface area contributed by atoms with E-state index in [1.54, 1.807) is 25.2 Å². The van der Waals surface area contributed by atoms with Crippen molar-refractivity contribution in [1.82, 2.24) is 5.32 Å². The number of carbonyl (C=O) groups is 2. The summed E-state index contributed by atoms with van der Waals surface area (Å²) >= 11 is 0. The number of carbonyl (C=O) groups excluding carboxylic acids is 1. The molecule has 1 spiro atoms. The summed E-state index contributed by atoms with van der Waals surface area (Å²) in [6, 6.07) is 13.3. The van der Waals surface area contributed by atoms with Gasteiger partial charge in [-0.25, -0.2) is 0 Å². The highest BCUT2D eigenvalue weighted by Crippen LogP contribution is 2.66. The van der Waals surface area contributed by atoms with Gasteiger partial charge in [0.25, 0.3) is 0 Å². The highest BCUT2D eigenvalue weighted by atomic mass is 16.4. The van der Waals surface area contributed by atoms with E-state index in [4.69, 9.17) is 5.11 Å². The Hall–Kier alpha value is -3.21. The molecule has 1 unspecified atom stereocenters. The molecule has 2 aliphatic carbocycles. The summed E-state index contributed by atoms with van der Waals surface area (Å²) in [6.07, 6.45) is 2.06. The molecule has 0 bridgehead atoms. The van der Waals surface area contributed by atoms with Crippen LogP contribution in [0.2, 0.25) is 0 Å². The summed E-state index contributed by atoms with van der Waals surface area (Å²) in [5.74, 6) is -0.969. The molecule has 0 saturated heterocycles. The van der Waals surface area contributed by atoms with Crippen LogP contribution in [0.25, 0.3) is 0 Å². The molecular weight excluding hydrogens is 418 g/mol. The third kappa shape index (κ3) is 4.12. The summed E-state index contributed by atoms with van der Waals surface area (Å²) in [4.78, 5) is 24.3. The average Bonchev–Trinajstić information content (AvgIpc) is 3.22. The highest BCUT2D eigenvalue weighted by molar-refractivity contribution is 5.97. The van der Waals surface area contributed by atoms with Gasteiger partial charge in [0.05, 0.1) is 17.6 Å². The molecule has 2 aromatic carbocycles. The topological polar surface area (TPSA) is 122 Å². The van der Waals surface area contributed by atoms with E-state index in [-0.39, 0.29) is 29.6 Å². The Morgan fingerprint density at radius 2 is 2.06 bits per heavy atom. The van der Waals surface area contributed by atoms with Gasteiger partial charge in [0, 0.05) is 17.5 Å². The van der Waals surface area contributed by atoms with Gasteiger partial charge in [-0.3, -0.25) is 14.9 Å². The van der Waals surface area contributed by atoms with Gasteiger partial charge < -0.3 is 15.5 Å². The lowest BCUT2D eigenvalue weighted by Gasteiger charge is -2.17. The fraction of sp³-hybridized carbons (Fsp3) is 0.423. The summed E-state index contributed by atoms with van der Waals surface area (Å²) in [6.45, 7) is 2.10. The number of carboxylic acids is 1. The van der Waals surface area contributed by atoms with Gasteiger partial charge in [-0.1, -0.05) is 31.2 Å². The van der Waals surface area contributed by atoms with E-state index < -0.39 is 12.2 Å². The molecule has 1 saturated carbocycles. The van der Waals surface area contributed by atoms with Gasteiger partial charge in [-0.15, -0.1) is 0 Å². The van der Waals surface area contributed by atoms with Crippen LogP contribution in [-0.2, 0) is 27.8 Å². The number of amides is 1. The second-order valence-electron chi connectivity index (χ2n) is 9.13. The number of fused-ring (bicyclic) bond motifs is 2. The lowest BCUT2D eigenvalue weighted by molar-refractivity contribution is -0.137. The van der Waals surface area contributed by atoms with E-state index >= 15 is 0 Å². The number of aliphatic carboxylic acids is 1. The maximum Gasteiger partial charge on any atom is 0.303 e. The number of anilines is 1. The Bertz CT molecular complexity index is 1140. The van der Waals surface area contributed by atoms with Crippen LogP contribution in [0, 0.1) is 23.2 Å². The van der Waals surface area contributed by atoms with Crippen molar-refractivity contribution in [3.8, 4) is 6.07 Å². The van der Waals surface area contributed by atoms with Crippen molar-refractivity contribution in [3.63, 3.8) is 0 Å². The quantitative estimate of drug-likeness (QED) is 0.461. The molecule has 7 heteroatoms. The average molecular weight is 448 g/mol. The number of aliphatic hydroxyl groups is 1. The molecule has 0 heterocycles. The number of hydrogen-bond donors (Lipinski definition) is 4. The number of rotatable bonds is 8. The van der Waals surface area contributed by atoms with Crippen molar-refractivity contribution < 1.29 is 19.8 Å². The Balaban J connectivity index is 1.57. The lowest BCUT2D eigenvalue weighted by Crippen LogP contribution is -2.21. The summed E-state index contributed by atoms with van der Waals surface area (Å²) in [5.41, 5.74) is 4.79. The van der Waals surface area contributed by atoms with Gasteiger partial charge >= 0.3 is 5.97 Å². The number of nitrogens with one attached hydrogen (secondary N) is 2. The Labute approximate surface area is 193 Å². The number of nitrogens with zero attached hydrogens (tertiary/aromatic N) is 1. The number of benzene rings is 2. The minimum Gasteiger partial charge on any atom is -0.481 e. The van der Waals surface area contributed by atoms with E-state index in [0.29, 0.717) is 24.1 Å². The summed E-state index contributed by atoms with van der Waals surface area (Å²) in [5, 5.41) is 34.4. The molecule has 2 aliphatic rings. The second kappa shape index (κ2) is 8.97. The van der Waals surface area contributed by atoms with Crippen LogP contribution in [0.5, 0.6) is 0 Å². The van der Waals surface area contributed by atoms with E-state index in [1.807, 2.05) is 12.1 Å². The van der Waals surface area contributed by atoms with Crippen molar-refractivity contribution in [3.05, 3.63) is 64.2 Å². The molecule has 0 aliphatic heterocycles. The van der Waals surface area contributed by atoms with Crippen LogP contribution in [-0.4, -0.2) is 29.1 Å². The van der Waals surface area contributed by atoms with Gasteiger partial charge in [0.1, 0.15) is 6.23 Å². The van der Waals surface area contributed by atoms with Crippen molar-refractivity contribution in [2.45, 2.75) is 50.7 Å². The molecule has 4 N–H and O–H groups in total. The van der Waals surface area contributed by atoms with Gasteiger partial charge in [0.15, 0.2) is 0 Å². The first-order chi connectivity index (χ1) is 15.8. The number of aryl methyl sites for hydroxylation is 2. The number of hydrogen-bond acceptors (Lipinski definition) is 5. The zero-order valence-corrected chi connectivity index (χ0v) is 18.9. The Morgan fingerprint density at radius 3 is 2.76 bits per heavy atom. The van der Waals surface area contributed by atoms with E-state index in [2.05, 4.69) is 29.7 Å². The SMILES string of the molecule is CNC(O)c1ccc2c(c1)[C@@]1(CC2)[C@H](C(=O)Nc2cc(C#N)ccc2CCCC(=O)O)[C@@H]1C. The molecule has 2 aromatic rings. The zero-order valence-electron chi connectivity index (χ0n) is 18.9. The molecule has 4 rings (SSSR count). The van der Waals surface area contributed by atoms with E-state index in [0.717, 1.165) is 29.5 Å². The minimum atomic E-state index is -0.856. The molecule has 1 amide bonds. The number of carboxylic acid groups (broad SMARTS) is 1. The third-order valence-corrected chi connectivity index (χ3v) is 7.41. The molecule has 172 valence electrons. The maximum absolute atomic E-state index is 13.4. The van der Waals surface area contributed by atoms with Crippen molar-refractivity contribution in [2.24, 2.45) is 11.8 Å². The predicted octanol–water partition coefficient (Wildman–Crippen LogP) is 3.26. The van der Waals surface area contributed by atoms with Crippen LogP contribution < -0.4 is 10.6 Å². The first kappa shape index (κ1) is 23.0. The van der Waals surface area contributed by atoms with Crippen LogP contribution >= 0.6 is 0 Å². The zero-order chi connectivity index (χ0) is 23.8. The lowest BCUT2D eigenvalue weighted by atomic mass is 9.92. The summed E-state index contributed by atoms with van der Waals surface area (Å²) < 4.78 is 0. The normalized spacial score (nSPS) is 23.6. The molecule has 0 aromatic heterocycles. The predicted molar refractivity (Wildman–Crippen MR) is 123 cm³/mol. The molecule has 7 nitrogen and oxygen atoms in total. The van der Waals surface area contributed by atoms with Crippen LogP contribution in [0.15, 0.2) is 36.4 Å². The van der Waals surface area contributed by atoms with Crippen molar-refractivity contribution >= 4 is 17.6 Å². The first-order valence-corrected chi connectivity index (χ1v) is 11.4. The molecule has 4 atom stereocenters. The fourth-order valence-electron chi connectivity index (χ4n) is 5.57. The van der Waals surface area contributed by atoms with E-state index in [9.17, 15) is 20.0 Å². The Kier molecular flexibility index (Phi) is 6.24. The van der Waals surface area contributed by atoms with Gasteiger partial charge in [0.2, 0.25) is 5.91 Å². The number of aliphatic hydroxyl groups excluding tert-OH is 1. The van der Waals surface area contributed by atoms with Crippen LogP contribution in [0.3, 0.4) is 0 Å². The highest BCUT2D eigenvalue weighted by Gasteiger charge is 2.68. The van der Waals surface area contributed by atoms with Crippen molar-refractivity contribution in [2.75, 3.05) is 12.4 Å². The molecule has 33 heavy (non-hydrogen) atoms. The third-order valence-electron chi connectivity index (χ3n) is 7.41. The van der Waals surface area contributed by atoms with Crippen LogP contribution in [0.1, 0.15) is 60.2 Å². The first-order valence-electron chi connectivity index (χ1n) is 11.4.